The van der Waals surface area contributed by atoms with Gasteiger partial charge in [0, 0.05) is 10.5 Å². The summed E-state index contributed by atoms with van der Waals surface area (Å²) in [4.78, 5) is 13.3. The standard InChI is InChI=1S/C14H21NO3S/c1-4-14(8-16,9-17)15-13(18)12-7-11(19-3)6-5-10(12)2/h5-7,16-17H,4,8-9H2,1-3H3,(H,15,18). The van der Waals surface area contributed by atoms with Crippen molar-refractivity contribution in [1.82, 2.24) is 5.32 Å². The van der Waals surface area contributed by atoms with Gasteiger partial charge in [0.25, 0.3) is 5.91 Å². The molecule has 0 unspecified atom stereocenters. The van der Waals surface area contributed by atoms with Gasteiger partial charge in [0.05, 0.1) is 18.8 Å². The molecule has 0 bridgehead atoms. The van der Waals surface area contributed by atoms with Gasteiger partial charge >= 0.3 is 0 Å². The van der Waals surface area contributed by atoms with E-state index in [4.69, 9.17) is 0 Å². The first-order valence-electron chi connectivity index (χ1n) is 6.20. The van der Waals surface area contributed by atoms with Crippen molar-refractivity contribution in [1.29, 1.82) is 0 Å². The lowest BCUT2D eigenvalue weighted by Gasteiger charge is -2.30. The van der Waals surface area contributed by atoms with Gasteiger partial charge in [-0.25, -0.2) is 0 Å². The lowest BCUT2D eigenvalue weighted by atomic mass is 9.97. The van der Waals surface area contributed by atoms with Crippen LogP contribution in [-0.4, -0.2) is 41.1 Å². The molecule has 1 rings (SSSR count). The third kappa shape index (κ3) is 3.72. The molecule has 0 saturated carbocycles. The van der Waals surface area contributed by atoms with E-state index in [0.717, 1.165) is 10.5 Å². The lowest BCUT2D eigenvalue weighted by Crippen LogP contribution is -2.53. The second kappa shape index (κ2) is 6.93. The van der Waals surface area contributed by atoms with E-state index in [1.54, 1.807) is 11.8 Å². The lowest BCUT2D eigenvalue weighted by molar-refractivity contribution is 0.0652. The summed E-state index contributed by atoms with van der Waals surface area (Å²) in [6, 6.07) is 5.68. The molecule has 106 valence electrons. The minimum Gasteiger partial charge on any atom is -0.394 e. The third-order valence-electron chi connectivity index (χ3n) is 3.35. The quantitative estimate of drug-likeness (QED) is 0.693. The predicted molar refractivity (Wildman–Crippen MR) is 77.6 cm³/mol. The molecule has 1 aromatic carbocycles. The van der Waals surface area contributed by atoms with Crippen LogP contribution in [0.1, 0.15) is 29.3 Å². The fraction of sp³-hybridized carbons (Fsp3) is 0.500. The first-order valence-corrected chi connectivity index (χ1v) is 7.43. The molecule has 0 aliphatic carbocycles. The van der Waals surface area contributed by atoms with E-state index in [-0.39, 0.29) is 19.1 Å². The van der Waals surface area contributed by atoms with Crippen molar-refractivity contribution >= 4 is 17.7 Å². The summed E-state index contributed by atoms with van der Waals surface area (Å²) in [5.41, 5.74) is 0.488. The largest absolute Gasteiger partial charge is 0.394 e. The fourth-order valence-corrected chi connectivity index (χ4v) is 2.16. The van der Waals surface area contributed by atoms with Gasteiger partial charge in [0.15, 0.2) is 0 Å². The van der Waals surface area contributed by atoms with E-state index < -0.39 is 5.54 Å². The van der Waals surface area contributed by atoms with Crippen molar-refractivity contribution in [3.8, 4) is 0 Å². The Bertz CT molecular complexity index is 436. The Balaban J connectivity index is 3.00. The van der Waals surface area contributed by atoms with Gasteiger partial charge in [0.1, 0.15) is 0 Å². The number of nitrogens with one attached hydrogen (secondary N) is 1. The van der Waals surface area contributed by atoms with Crippen molar-refractivity contribution in [2.24, 2.45) is 0 Å². The first kappa shape index (κ1) is 16.0. The Morgan fingerprint density at radius 3 is 2.47 bits per heavy atom. The zero-order chi connectivity index (χ0) is 14.5. The summed E-state index contributed by atoms with van der Waals surface area (Å²) in [5, 5.41) is 21.5. The maximum atomic E-state index is 12.3. The average molecular weight is 283 g/mol. The van der Waals surface area contributed by atoms with E-state index in [9.17, 15) is 15.0 Å². The molecule has 0 fully saturated rings. The summed E-state index contributed by atoms with van der Waals surface area (Å²) >= 11 is 1.57. The molecule has 0 radical (unpaired) electrons. The van der Waals surface area contributed by atoms with Crippen molar-refractivity contribution in [3.05, 3.63) is 29.3 Å². The molecule has 19 heavy (non-hydrogen) atoms. The van der Waals surface area contributed by atoms with Gasteiger partial charge in [-0.3, -0.25) is 4.79 Å². The monoisotopic (exact) mass is 283 g/mol. The maximum absolute atomic E-state index is 12.3. The topological polar surface area (TPSA) is 69.6 Å². The number of thioether (sulfide) groups is 1. The molecular formula is C14H21NO3S. The zero-order valence-corrected chi connectivity index (χ0v) is 12.4. The molecule has 1 amide bonds. The molecule has 0 saturated heterocycles. The molecular weight excluding hydrogens is 262 g/mol. The fourth-order valence-electron chi connectivity index (χ4n) is 1.72. The highest BCUT2D eigenvalue weighted by molar-refractivity contribution is 7.98. The SMILES string of the molecule is CCC(CO)(CO)NC(=O)c1cc(SC)ccc1C. The van der Waals surface area contributed by atoms with Gasteiger partial charge in [0.2, 0.25) is 0 Å². The van der Waals surface area contributed by atoms with E-state index in [1.165, 1.54) is 0 Å². The summed E-state index contributed by atoms with van der Waals surface area (Å²) in [5.74, 6) is -0.265. The predicted octanol–water partition coefficient (Wildman–Crippen LogP) is 1.58. The Hall–Kier alpha value is -1.04. The summed E-state index contributed by atoms with van der Waals surface area (Å²) in [7, 11) is 0. The summed E-state index contributed by atoms with van der Waals surface area (Å²) in [6.45, 7) is 3.11. The number of hydrogen-bond donors (Lipinski definition) is 3. The number of hydrogen-bond acceptors (Lipinski definition) is 4. The van der Waals surface area contributed by atoms with Crippen LogP contribution in [0.5, 0.6) is 0 Å². The van der Waals surface area contributed by atoms with Crippen LogP contribution in [0.3, 0.4) is 0 Å². The van der Waals surface area contributed by atoms with Crippen LogP contribution in [-0.2, 0) is 0 Å². The van der Waals surface area contributed by atoms with Gasteiger partial charge in [-0.1, -0.05) is 13.0 Å². The third-order valence-corrected chi connectivity index (χ3v) is 4.08. The molecule has 0 aliphatic rings. The molecule has 0 aliphatic heterocycles. The number of aliphatic hydroxyl groups is 2. The molecule has 0 atom stereocenters. The number of amides is 1. The number of aliphatic hydroxyl groups excluding tert-OH is 2. The minimum atomic E-state index is -0.959. The highest BCUT2D eigenvalue weighted by atomic mass is 32.2. The number of aryl methyl sites for hydroxylation is 1. The van der Waals surface area contributed by atoms with E-state index in [2.05, 4.69) is 5.32 Å². The normalized spacial score (nSPS) is 11.4. The van der Waals surface area contributed by atoms with Crippen molar-refractivity contribution in [2.75, 3.05) is 19.5 Å². The molecule has 0 heterocycles. The molecule has 4 nitrogen and oxygen atoms in total. The number of carbonyl (C=O) groups is 1. The highest BCUT2D eigenvalue weighted by Crippen LogP contribution is 2.20. The van der Waals surface area contributed by atoms with Gasteiger partial charge in [-0.05, 0) is 37.3 Å². The van der Waals surface area contributed by atoms with E-state index >= 15 is 0 Å². The number of rotatable bonds is 6. The van der Waals surface area contributed by atoms with Gasteiger partial charge in [-0.15, -0.1) is 11.8 Å². The second-order valence-electron chi connectivity index (χ2n) is 4.59. The molecule has 1 aromatic rings. The Kier molecular flexibility index (Phi) is 5.85. The smallest absolute Gasteiger partial charge is 0.252 e. The Morgan fingerprint density at radius 2 is 2.00 bits per heavy atom. The second-order valence-corrected chi connectivity index (χ2v) is 5.46. The van der Waals surface area contributed by atoms with Crippen LogP contribution >= 0.6 is 11.8 Å². The van der Waals surface area contributed by atoms with Crippen molar-refractivity contribution < 1.29 is 15.0 Å². The zero-order valence-electron chi connectivity index (χ0n) is 11.6. The summed E-state index contributed by atoms with van der Waals surface area (Å²) in [6.07, 6.45) is 2.41. The van der Waals surface area contributed by atoms with Gasteiger partial charge in [-0.2, -0.15) is 0 Å². The van der Waals surface area contributed by atoms with Crippen LogP contribution in [0.4, 0.5) is 0 Å². The number of carbonyl (C=O) groups excluding carboxylic acids is 1. The van der Waals surface area contributed by atoms with E-state index in [0.29, 0.717) is 12.0 Å². The van der Waals surface area contributed by atoms with Gasteiger partial charge < -0.3 is 15.5 Å². The van der Waals surface area contributed by atoms with Crippen molar-refractivity contribution in [2.45, 2.75) is 30.7 Å². The molecule has 3 N–H and O–H groups in total. The summed E-state index contributed by atoms with van der Waals surface area (Å²) < 4.78 is 0. The maximum Gasteiger partial charge on any atom is 0.252 e. The molecule has 5 heteroatoms. The van der Waals surface area contributed by atoms with Crippen LogP contribution in [0.2, 0.25) is 0 Å². The molecule has 0 spiro atoms. The highest BCUT2D eigenvalue weighted by Gasteiger charge is 2.29. The number of benzene rings is 1. The van der Waals surface area contributed by atoms with E-state index in [1.807, 2.05) is 38.3 Å². The van der Waals surface area contributed by atoms with Crippen LogP contribution < -0.4 is 5.32 Å². The van der Waals surface area contributed by atoms with Crippen LogP contribution in [0.15, 0.2) is 23.1 Å². The van der Waals surface area contributed by atoms with Crippen molar-refractivity contribution in [3.63, 3.8) is 0 Å². The van der Waals surface area contributed by atoms with Crippen LogP contribution in [0, 0.1) is 6.92 Å². The average Bonchev–Trinajstić information content (AvgIpc) is 2.45. The first-order chi connectivity index (χ1) is 9.01. The van der Waals surface area contributed by atoms with Crippen LogP contribution in [0.25, 0.3) is 0 Å². The Morgan fingerprint density at radius 1 is 1.37 bits per heavy atom. The Labute approximate surface area is 118 Å². The minimum absolute atomic E-state index is 0.265. The molecule has 0 aromatic heterocycles.